The summed E-state index contributed by atoms with van der Waals surface area (Å²) < 4.78 is 0. The second-order valence-corrected chi connectivity index (χ2v) is 2.73. The van der Waals surface area contributed by atoms with Crippen molar-refractivity contribution >= 4 is 0 Å². The van der Waals surface area contributed by atoms with Crippen LogP contribution in [0.15, 0.2) is 0 Å². The molecule has 5 heteroatoms. The van der Waals surface area contributed by atoms with Gasteiger partial charge < -0.3 is 25.7 Å². The van der Waals surface area contributed by atoms with Crippen LogP contribution in [0.3, 0.4) is 0 Å². The quantitative estimate of drug-likeness (QED) is 0.300. The summed E-state index contributed by atoms with van der Waals surface area (Å²) >= 11 is 0. The zero-order valence-corrected chi connectivity index (χ0v) is 6.01. The summed E-state index contributed by atoms with van der Waals surface area (Å²) in [6.45, 7) is -0.483. The number of aliphatic hydroxyl groups is 4. The minimum Gasteiger partial charge on any atom is -0.395 e. The fourth-order valence-corrected chi connectivity index (χ4v) is 1.27. The van der Waals surface area contributed by atoms with Gasteiger partial charge in [-0.05, 0) is 0 Å². The lowest BCUT2D eigenvalue weighted by molar-refractivity contribution is 0.0130. The van der Waals surface area contributed by atoms with Crippen molar-refractivity contribution in [3.05, 3.63) is 0 Å². The van der Waals surface area contributed by atoms with Gasteiger partial charge in [0.2, 0.25) is 0 Å². The molecular formula is C6H13NO4. The summed E-state index contributed by atoms with van der Waals surface area (Å²) in [7, 11) is 0. The number of hydrogen-bond acceptors (Lipinski definition) is 5. The van der Waals surface area contributed by atoms with E-state index in [1.54, 1.807) is 0 Å². The number of hydrogen-bond donors (Lipinski definition) is 5. The highest BCUT2D eigenvalue weighted by molar-refractivity contribution is 4.97. The maximum Gasteiger partial charge on any atom is 0.0990 e. The van der Waals surface area contributed by atoms with E-state index in [9.17, 15) is 10.2 Å². The normalized spacial score (nSPS) is 44.7. The van der Waals surface area contributed by atoms with E-state index in [1.165, 1.54) is 0 Å². The molecule has 1 rings (SSSR count). The Morgan fingerprint density at radius 3 is 1.45 bits per heavy atom. The number of nitrogens with one attached hydrogen (secondary N) is 1. The van der Waals surface area contributed by atoms with Crippen LogP contribution in [0.25, 0.3) is 0 Å². The molecule has 1 unspecified atom stereocenters. The highest BCUT2D eigenvalue weighted by Gasteiger charge is 2.39. The molecule has 1 saturated heterocycles. The van der Waals surface area contributed by atoms with E-state index < -0.39 is 24.3 Å². The molecule has 0 bridgehead atoms. The van der Waals surface area contributed by atoms with E-state index >= 15 is 0 Å². The number of aliphatic hydroxyl groups excluding tert-OH is 4. The Kier molecular flexibility index (Phi) is 2.80. The summed E-state index contributed by atoms with van der Waals surface area (Å²) in [4.78, 5) is 0. The van der Waals surface area contributed by atoms with Crippen molar-refractivity contribution in [3.8, 4) is 0 Å². The van der Waals surface area contributed by atoms with Crippen LogP contribution in [0, 0.1) is 0 Å². The summed E-state index contributed by atoms with van der Waals surface area (Å²) in [5.41, 5.74) is 0. The second-order valence-electron chi connectivity index (χ2n) is 2.73. The van der Waals surface area contributed by atoms with Gasteiger partial charge in [0.05, 0.1) is 37.5 Å². The Hall–Kier alpha value is -0.200. The van der Waals surface area contributed by atoms with Crippen LogP contribution in [-0.2, 0) is 0 Å². The minimum absolute atomic E-state index is 0.241. The monoisotopic (exact) mass is 163 g/mol. The van der Waals surface area contributed by atoms with Crippen molar-refractivity contribution in [2.45, 2.75) is 24.3 Å². The smallest absolute Gasteiger partial charge is 0.0990 e. The van der Waals surface area contributed by atoms with Gasteiger partial charge in [-0.2, -0.15) is 0 Å². The average molecular weight is 163 g/mol. The molecule has 0 aromatic carbocycles. The Balaban J connectivity index is 2.53. The maximum atomic E-state index is 9.18. The summed E-state index contributed by atoms with van der Waals surface area (Å²) in [6, 6.07) is -1.05. The molecule has 1 heterocycles. The summed E-state index contributed by atoms with van der Waals surface area (Å²) in [5.74, 6) is 0. The molecule has 0 aliphatic carbocycles. The largest absolute Gasteiger partial charge is 0.395 e. The van der Waals surface area contributed by atoms with Crippen molar-refractivity contribution in [2.75, 3.05) is 13.2 Å². The summed E-state index contributed by atoms with van der Waals surface area (Å²) in [6.07, 6.45) is -1.98. The lowest BCUT2D eigenvalue weighted by Crippen LogP contribution is -2.37. The van der Waals surface area contributed by atoms with Crippen LogP contribution in [0.4, 0.5) is 0 Å². The predicted molar refractivity (Wildman–Crippen MR) is 36.9 cm³/mol. The number of rotatable bonds is 2. The highest BCUT2D eigenvalue weighted by atomic mass is 16.3. The minimum atomic E-state index is -0.989. The zero-order chi connectivity index (χ0) is 8.43. The summed E-state index contributed by atoms with van der Waals surface area (Å²) in [5, 5.41) is 38.3. The van der Waals surface area contributed by atoms with Crippen LogP contribution in [-0.4, -0.2) is 57.9 Å². The maximum absolute atomic E-state index is 9.18. The van der Waals surface area contributed by atoms with Gasteiger partial charge in [0.15, 0.2) is 0 Å². The standard InChI is InChI=1S/C6H13NO4/c8-1-3-5(10)6(11)4(2-9)7-3/h3-11H,1-2H2/t3-,4?,5-,6+/m1/s1. The molecule has 0 amide bonds. The Morgan fingerprint density at radius 2 is 1.27 bits per heavy atom. The fraction of sp³-hybridized carbons (Fsp3) is 1.00. The van der Waals surface area contributed by atoms with Crippen LogP contribution < -0.4 is 5.32 Å². The van der Waals surface area contributed by atoms with E-state index in [0.29, 0.717) is 0 Å². The molecular weight excluding hydrogens is 150 g/mol. The van der Waals surface area contributed by atoms with Crippen molar-refractivity contribution in [2.24, 2.45) is 0 Å². The van der Waals surface area contributed by atoms with Crippen LogP contribution in [0.5, 0.6) is 0 Å². The lowest BCUT2D eigenvalue weighted by Gasteiger charge is -2.12. The van der Waals surface area contributed by atoms with E-state index in [4.69, 9.17) is 10.2 Å². The van der Waals surface area contributed by atoms with Gasteiger partial charge in [0.1, 0.15) is 0 Å². The fourth-order valence-electron chi connectivity index (χ4n) is 1.27. The van der Waals surface area contributed by atoms with Gasteiger partial charge in [0, 0.05) is 0 Å². The SMILES string of the molecule is OCC1N[C@H](CO)[C@@H](O)[C@H]1O. The van der Waals surface area contributed by atoms with Crippen molar-refractivity contribution in [1.82, 2.24) is 5.32 Å². The third-order valence-corrected chi connectivity index (χ3v) is 2.00. The highest BCUT2D eigenvalue weighted by Crippen LogP contribution is 2.13. The Morgan fingerprint density at radius 1 is 0.909 bits per heavy atom. The molecule has 5 nitrogen and oxygen atoms in total. The first-order chi connectivity index (χ1) is 5.20. The molecule has 1 aliphatic rings. The van der Waals surface area contributed by atoms with E-state index in [1.807, 2.05) is 0 Å². The van der Waals surface area contributed by atoms with E-state index in [-0.39, 0.29) is 13.2 Å². The van der Waals surface area contributed by atoms with Gasteiger partial charge in [-0.25, -0.2) is 0 Å². The van der Waals surface area contributed by atoms with Crippen molar-refractivity contribution in [3.63, 3.8) is 0 Å². The molecule has 66 valence electrons. The molecule has 4 atom stereocenters. The Bertz CT molecular complexity index is 114. The van der Waals surface area contributed by atoms with Crippen LogP contribution >= 0.6 is 0 Å². The Labute approximate surface area is 64.3 Å². The first kappa shape index (κ1) is 8.89. The molecule has 0 spiro atoms. The van der Waals surface area contributed by atoms with Crippen LogP contribution in [0.2, 0.25) is 0 Å². The molecule has 0 saturated carbocycles. The average Bonchev–Trinajstić information content (AvgIpc) is 2.30. The molecule has 1 aliphatic heterocycles. The van der Waals surface area contributed by atoms with Gasteiger partial charge >= 0.3 is 0 Å². The molecule has 0 radical (unpaired) electrons. The molecule has 0 aromatic heterocycles. The van der Waals surface area contributed by atoms with E-state index in [0.717, 1.165) is 0 Å². The van der Waals surface area contributed by atoms with Gasteiger partial charge in [-0.1, -0.05) is 0 Å². The molecule has 5 N–H and O–H groups in total. The second kappa shape index (κ2) is 3.46. The third kappa shape index (κ3) is 1.52. The predicted octanol–water partition coefficient (Wildman–Crippen LogP) is -2.97. The van der Waals surface area contributed by atoms with Gasteiger partial charge in [-0.15, -0.1) is 0 Å². The first-order valence-corrected chi connectivity index (χ1v) is 3.54. The molecule has 0 aromatic rings. The molecule has 11 heavy (non-hydrogen) atoms. The third-order valence-electron chi connectivity index (χ3n) is 2.00. The van der Waals surface area contributed by atoms with E-state index in [2.05, 4.69) is 5.32 Å². The van der Waals surface area contributed by atoms with Crippen LogP contribution in [0.1, 0.15) is 0 Å². The zero-order valence-electron chi connectivity index (χ0n) is 6.01. The molecule has 1 fully saturated rings. The van der Waals surface area contributed by atoms with Gasteiger partial charge in [0.25, 0.3) is 0 Å². The first-order valence-electron chi connectivity index (χ1n) is 3.54. The van der Waals surface area contributed by atoms with Crippen molar-refractivity contribution in [1.29, 1.82) is 0 Å². The van der Waals surface area contributed by atoms with Gasteiger partial charge in [-0.3, -0.25) is 0 Å². The lowest BCUT2D eigenvalue weighted by atomic mass is 10.1. The topological polar surface area (TPSA) is 93.0 Å². The van der Waals surface area contributed by atoms with Crippen molar-refractivity contribution < 1.29 is 20.4 Å².